The SMILES string of the molecule is CCOC(=O)/C=C/C=C/CO[C@@H]1CCCN(C(=O)CCC2CCNCC2)C1. The van der Waals surface area contributed by atoms with Crippen molar-refractivity contribution < 1.29 is 19.1 Å². The normalized spacial score (nSPS) is 21.8. The van der Waals surface area contributed by atoms with Crippen LogP contribution in [0.3, 0.4) is 0 Å². The Bertz CT molecular complexity index is 512. The summed E-state index contributed by atoms with van der Waals surface area (Å²) in [4.78, 5) is 25.6. The number of carbonyl (C=O) groups excluding carboxylic acids is 2. The van der Waals surface area contributed by atoms with Crippen LogP contribution in [-0.4, -0.2) is 62.3 Å². The Morgan fingerprint density at radius 2 is 2.00 bits per heavy atom. The molecule has 27 heavy (non-hydrogen) atoms. The van der Waals surface area contributed by atoms with E-state index in [1.807, 2.05) is 11.0 Å². The number of hydrogen-bond donors (Lipinski definition) is 1. The van der Waals surface area contributed by atoms with Crippen molar-refractivity contribution in [1.29, 1.82) is 0 Å². The molecule has 0 unspecified atom stereocenters. The van der Waals surface area contributed by atoms with Gasteiger partial charge in [-0.05, 0) is 58.0 Å². The summed E-state index contributed by atoms with van der Waals surface area (Å²) in [5.41, 5.74) is 0. The second-order valence-corrected chi connectivity index (χ2v) is 7.21. The van der Waals surface area contributed by atoms with Crippen LogP contribution >= 0.6 is 0 Å². The number of piperidine rings is 2. The number of allylic oxidation sites excluding steroid dienone is 2. The first-order valence-corrected chi connectivity index (χ1v) is 10.3. The van der Waals surface area contributed by atoms with Gasteiger partial charge >= 0.3 is 5.97 Å². The number of nitrogens with zero attached hydrogens (tertiary/aromatic N) is 1. The highest BCUT2D eigenvalue weighted by Gasteiger charge is 2.24. The van der Waals surface area contributed by atoms with Gasteiger partial charge in [0.2, 0.25) is 5.91 Å². The molecule has 2 rings (SSSR count). The lowest BCUT2D eigenvalue weighted by Crippen LogP contribution is -2.43. The number of likely N-dealkylation sites (tertiary alicyclic amines) is 1. The van der Waals surface area contributed by atoms with Gasteiger partial charge in [0.1, 0.15) is 0 Å². The molecule has 0 aliphatic carbocycles. The third-order valence-electron chi connectivity index (χ3n) is 5.15. The van der Waals surface area contributed by atoms with Crippen molar-refractivity contribution >= 4 is 11.9 Å². The summed E-state index contributed by atoms with van der Waals surface area (Å²) in [6.45, 7) is 6.35. The monoisotopic (exact) mass is 378 g/mol. The number of amides is 1. The number of rotatable bonds is 9. The van der Waals surface area contributed by atoms with Crippen molar-refractivity contribution in [2.24, 2.45) is 5.92 Å². The maximum atomic E-state index is 12.5. The van der Waals surface area contributed by atoms with E-state index in [9.17, 15) is 9.59 Å². The fraction of sp³-hybridized carbons (Fsp3) is 0.714. The fourth-order valence-electron chi connectivity index (χ4n) is 3.61. The number of nitrogens with one attached hydrogen (secondary N) is 1. The van der Waals surface area contributed by atoms with Crippen molar-refractivity contribution in [3.8, 4) is 0 Å². The Morgan fingerprint density at radius 1 is 1.19 bits per heavy atom. The molecule has 0 bridgehead atoms. The Kier molecular flexibility index (Phi) is 10.2. The Hall–Kier alpha value is -1.66. The van der Waals surface area contributed by atoms with Crippen LogP contribution in [0, 0.1) is 5.92 Å². The van der Waals surface area contributed by atoms with Crippen LogP contribution in [0.15, 0.2) is 24.3 Å². The van der Waals surface area contributed by atoms with Crippen molar-refractivity contribution in [2.75, 3.05) is 39.4 Å². The summed E-state index contributed by atoms with van der Waals surface area (Å²) in [7, 11) is 0. The zero-order valence-electron chi connectivity index (χ0n) is 16.5. The quantitative estimate of drug-likeness (QED) is 0.379. The van der Waals surface area contributed by atoms with Gasteiger partial charge in [0.25, 0.3) is 0 Å². The van der Waals surface area contributed by atoms with E-state index in [0.29, 0.717) is 32.1 Å². The van der Waals surface area contributed by atoms with Gasteiger partial charge in [-0.2, -0.15) is 0 Å². The number of carbonyl (C=O) groups is 2. The lowest BCUT2D eigenvalue weighted by Gasteiger charge is -2.33. The Labute approximate surface area is 163 Å². The van der Waals surface area contributed by atoms with Crippen LogP contribution in [0.2, 0.25) is 0 Å². The molecule has 2 aliphatic heterocycles. The predicted octanol–water partition coefficient (Wildman–Crippen LogP) is 2.45. The second-order valence-electron chi connectivity index (χ2n) is 7.21. The molecule has 0 saturated carbocycles. The minimum absolute atomic E-state index is 0.0975. The molecular weight excluding hydrogens is 344 g/mol. The molecule has 2 heterocycles. The maximum absolute atomic E-state index is 12.5. The van der Waals surface area contributed by atoms with Gasteiger partial charge in [-0.15, -0.1) is 0 Å². The van der Waals surface area contributed by atoms with Crippen LogP contribution in [0.1, 0.15) is 45.4 Å². The highest BCUT2D eigenvalue weighted by molar-refractivity contribution is 5.82. The van der Waals surface area contributed by atoms with Gasteiger partial charge in [0, 0.05) is 25.6 Å². The number of ether oxygens (including phenoxy) is 2. The van der Waals surface area contributed by atoms with Crippen LogP contribution in [0.4, 0.5) is 0 Å². The first-order valence-electron chi connectivity index (χ1n) is 10.3. The molecule has 1 N–H and O–H groups in total. The molecule has 0 aromatic carbocycles. The molecule has 1 atom stereocenters. The van der Waals surface area contributed by atoms with Gasteiger partial charge in [0.15, 0.2) is 0 Å². The average Bonchev–Trinajstić information content (AvgIpc) is 2.70. The van der Waals surface area contributed by atoms with Crippen LogP contribution < -0.4 is 5.32 Å². The van der Waals surface area contributed by atoms with E-state index in [4.69, 9.17) is 9.47 Å². The molecule has 2 aliphatic rings. The minimum Gasteiger partial charge on any atom is -0.463 e. The summed E-state index contributed by atoms with van der Waals surface area (Å²) < 4.78 is 10.7. The van der Waals surface area contributed by atoms with E-state index in [2.05, 4.69) is 5.32 Å². The van der Waals surface area contributed by atoms with E-state index in [0.717, 1.165) is 38.9 Å². The molecule has 6 heteroatoms. The highest BCUT2D eigenvalue weighted by atomic mass is 16.5. The molecular formula is C21H34N2O4. The molecule has 2 fully saturated rings. The van der Waals surface area contributed by atoms with Crippen LogP contribution in [-0.2, 0) is 19.1 Å². The largest absolute Gasteiger partial charge is 0.463 e. The second kappa shape index (κ2) is 12.7. The zero-order chi connectivity index (χ0) is 19.3. The summed E-state index contributed by atoms with van der Waals surface area (Å²) in [5, 5.41) is 3.37. The minimum atomic E-state index is -0.339. The zero-order valence-corrected chi connectivity index (χ0v) is 16.5. The topological polar surface area (TPSA) is 67.9 Å². The molecule has 0 radical (unpaired) electrons. The van der Waals surface area contributed by atoms with Gasteiger partial charge < -0.3 is 19.7 Å². The third-order valence-corrected chi connectivity index (χ3v) is 5.15. The average molecular weight is 379 g/mol. The van der Waals surface area contributed by atoms with Gasteiger partial charge in [-0.1, -0.05) is 18.2 Å². The van der Waals surface area contributed by atoms with Crippen molar-refractivity contribution in [3.63, 3.8) is 0 Å². The maximum Gasteiger partial charge on any atom is 0.330 e. The summed E-state index contributed by atoms with van der Waals surface area (Å²) >= 11 is 0. The molecule has 6 nitrogen and oxygen atoms in total. The first kappa shape index (κ1) is 21.6. The van der Waals surface area contributed by atoms with Gasteiger partial charge in [-0.3, -0.25) is 4.79 Å². The fourth-order valence-corrected chi connectivity index (χ4v) is 3.61. The molecule has 0 aromatic heterocycles. The highest BCUT2D eigenvalue weighted by Crippen LogP contribution is 2.20. The van der Waals surface area contributed by atoms with Crippen LogP contribution in [0.5, 0.6) is 0 Å². The van der Waals surface area contributed by atoms with Crippen molar-refractivity contribution in [3.05, 3.63) is 24.3 Å². The van der Waals surface area contributed by atoms with E-state index < -0.39 is 0 Å². The molecule has 152 valence electrons. The molecule has 1 amide bonds. The smallest absolute Gasteiger partial charge is 0.330 e. The summed E-state index contributed by atoms with van der Waals surface area (Å²) in [6, 6.07) is 0. The summed E-state index contributed by atoms with van der Waals surface area (Å²) in [6.07, 6.45) is 12.8. The molecule has 0 aromatic rings. The van der Waals surface area contributed by atoms with E-state index in [-0.39, 0.29) is 18.0 Å². The van der Waals surface area contributed by atoms with Crippen molar-refractivity contribution in [1.82, 2.24) is 10.2 Å². The van der Waals surface area contributed by atoms with E-state index in [1.165, 1.54) is 18.9 Å². The number of esters is 1. The lowest BCUT2D eigenvalue weighted by atomic mass is 9.93. The first-order chi connectivity index (χ1) is 13.2. The Morgan fingerprint density at radius 3 is 2.78 bits per heavy atom. The molecule has 2 saturated heterocycles. The predicted molar refractivity (Wildman–Crippen MR) is 105 cm³/mol. The van der Waals surface area contributed by atoms with Crippen LogP contribution in [0.25, 0.3) is 0 Å². The van der Waals surface area contributed by atoms with Gasteiger partial charge in [0.05, 0.1) is 19.3 Å². The Balaban J connectivity index is 1.62. The third kappa shape index (κ3) is 8.71. The lowest BCUT2D eigenvalue weighted by molar-refractivity contribution is -0.137. The van der Waals surface area contributed by atoms with E-state index >= 15 is 0 Å². The van der Waals surface area contributed by atoms with Crippen molar-refractivity contribution in [2.45, 2.75) is 51.6 Å². The van der Waals surface area contributed by atoms with E-state index in [1.54, 1.807) is 19.1 Å². The number of hydrogen-bond acceptors (Lipinski definition) is 5. The molecule has 0 spiro atoms. The summed E-state index contributed by atoms with van der Waals surface area (Å²) in [5.74, 6) is 0.628. The van der Waals surface area contributed by atoms with Gasteiger partial charge in [-0.25, -0.2) is 4.79 Å². The standard InChI is InChI=1S/C21H34N2O4/c1-2-26-21(25)8-4-3-5-16-27-19-7-6-15-23(17-19)20(24)10-9-18-11-13-22-14-12-18/h3-5,8,18-19,22H,2,6-7,9-17H2,1H3/b5-3+,8-4+/t19-/m1/s1.